The monoisotopic (exact) mass is 478 g/mol. The highest BCUT2D eigenvalue weighted by Crippen LogP contribution is 2.40. The van der Waals surface area contributed by atoms with Crippen molar-refractivity contribution in [3.63, 3.8) is 0 Å². The van der Waals surface area contributed by atoms with Crippen LogP contribution < -0.4 is 11.2 Å². The summed E-state index contributed by atoms with van der Waals surface area (Å²) in [4.78, 5) is 16.2. The Labute approximate surface area is 203 Å². The first-order valence-electron chi connectivity index (χ1n) is 11.3. The topological polar surface area (TPSA) is 75.8 Å². The van der Waals surface area contributed by atoms with Gasteiger partial charge in [-0.2, -0.15) is 0 Å². The third-order valence-corrected chi connectivity index (χ3v) is 8.95. The molecule has 5 nitrogen and oxygen atoms in total. The second-order valence-corrected chi connectivity index (χ2v) is 10.7. The van der Waals surface area contributed by atoms with Gasteiger partial charge < -0.3 is 20.3 Å². The van der Waals surface area contributed by atoms with Crippen molar-refractivity contribution in [1.29, 1.82) is 0 Å². The van der Waals surface area contributed by atoms with Gasteiger partial charge in [-0.25, -0.2) is 0 Å². The molecule has 1 fully saturated rings. The summed E-state index contributed by atoms with van der Waals surface area (Å²) in [5.74, 6) is 0.583. The second kappa shape index (κ2) is 9.64. The fourth-order valence-corrected chi connectivity index (χ4v) is 6.73. The molecule has 0 atom stereocenters. The fourth-order valence-electron chi connectivity index (χ4n) is 4.87. The number of rotatable bonds is 5. The van der Waals surface area contributed by atoms with Gasteiger partial charge in [0.15, 0.2) is 0 Å². The summed E-state index contributed by atoms with van der Waals surface area (Å²) in [6, 6.07) is 16.5. The molecule has 33 heavy (non-hydrogen) atoms. The number of hydrogen-bond acceptors (Lipinski definition) is 6. The highest BCUT2D eigenvalue weighted by molar-refractivity contribution is 8.00. The van der Waals surface area contributed by atoms with Gasteiger partial charge in [-0.05, 0) is 58.8 Å². The number of fused-ring (bicyclic) bond motifs is 1. The van der Waals surface area contributed by atoms with Gasteiger partial charge in [-0.1, -0.05) is 42.5 Å². The molecule has 0 aliphatic carbocycles. The van der Waals surface area contributed by atoms with E-state index >= 15 is 0 Å². The van der Waals surface area contributed by atoms with Gasteiger partial charge in [0, 0.05) is 25.2 Å². The van der Waals surface area contributed by atoms with Crippen molar-refractivity contribution < 1.29 is 14.5 Å². The third kappa shape index (κ3) is 4.38. The zero-order chi connectivity index (χ0) is 22.9. The minimum atomic E-state index is -0.871. The molecule has 5 rings (SSSR count). The van der Waals surface area contributed by atoms with Crippen LogP contribution in [0.25, 0.3) is 11.1 Å². The lowest BCUT2D eigenvalue weighted by Crippen LogP contribution is -2.37. The Balaban J connectivity index is 1.34. The SMILES string of the molecule is CSc1sc(C(=O)N2CCC(c3cccc(CN)c3)CC2)cc1-c1cccc2c1COB2O. The Hall–Kier alpha value is -2.10. The van der Waals surface area contributed by atoms with Gasteiger partial charge in [0.05, 0.1) is 15.7 Å². The Morgan fingerprint density at radius 1 is 1.21 bits per heavy atom. The lowest BCUT2D eigenvalue weighted by atomic mass is 9.78. The van der Waals surface area contributed by atoms with E-state index in [2.05, 4.69) is 30.3 Å². The Kier molecular flexibility index (Phi) is 6.63. The summed E-state index contributed by atoms with van der Waals surface area (Å²) in [5, 5.41) is 10.1. The summed E-state index contributed by atoms with van der Waals surface area (Å²) in [5.41, 5.74) is 12.2. The maximum Gasteiger partial charge on any atom is 0.491 e. The first-order valence-corrected chi connectivity index (χ1v) is 13.3. The van der Waals surface area contributed by atoms with Crippen LogP contribution in [0.3, 0.4) is 0 Å². The Bertz CT molecular complexity index is 1170. The average molecular weight is 478 g/mol. The van der Waals surface area contributed by atoms with Crippen LogP contribution in [-0.2, 0) is 17.8 Å². The van der Waals surface area contributed by atoms with Crippen molar-refractivity contribution in [2.24, 2.45) is 5.73 Å². The summed E-state index contributed by atoms with van der Waals surface area (Å²) >= 11 is 3.22. The summed E-state index contributed by atoms with van der Waals surface area (Å²) in [6.07, 6.45) is 3.97. The van der Waals surface area contributed by atoms with Crippen molar-refractivity contribution in [2.45, 2.75) is 36.1 Å². The minimum absolute atomic E-state index is 0.111. The zero-order valence-electron chi connectivity index (χ0n) is 18.6. The number of hydrogen-bond donors (Lipinski definition) is 2. The molecule has 3 aromatic rings. The predicted molar refractivity (Wildman–Crippen MR) is 136 cm³/mol. The Morgan fingerprint density at radius 2 is 2.00 bits per heavy atom. The molecule has 0 bridgehead atoms. The van der Waals surface area contributed by atoms with Crippen molar-refractivity contribution in [3.8, 4) is 11.1 Å². The minimum Gasteiger partial charge on any atom is -0.423 e. The summed E-state index contributed by atoms with van der Waals surface area (Å²) < 4.78 is 6.55. The number of thiophene rings is 1. The molecular weight excluding hydrogens is 451 g/mol. The van der Waals surface area contributed by atoms with E-state index in [9.17, 15) is 9.82 Å². The number of carbonyl (C=O) groups excluding carboxylic acids is 1. The first-order chi connectivity index (χ1) is 16.1. The molecular formula is C25H27BN2O3S2. The molecule has 8 heteroatoms. The third-order valence-electron chi connectivity index (χ3n) is 6.69. The molecule has 0 spiro atoms. The molecule has 3 N–H and O–H groups in total. The quantitative estimate of drug-likeness (QED) is 0.431. The number of thioether (sulfide) groups is 1. The standard InChI is InChI=1S/C25H27BN2O3S2/c1-32-25-20(19-6-3-7-22-21(19)15-31-26(22)30)13-23(33-25)24(29)28-10-8-17(9-11-28)18-5-2-4-16(12-18)14-27/h2-7,12-13,17,30H,8-11,14-15,27H2,1H3. The zero-order valence-corrected chi connectivity index (χ0v) is 20.3. The van der Waals surface area contributed by atoms with Crippen molar-refractivity contribution >= 4 is 41.6 Å². The van der Waals surface area contributed by atoms with Crippen LogP contribution in [0.2, 0.25) is 0 Å². The van der Waals surface area contributed by atoms with Crippen LogP contribution >= 0.6 is 23.1 Å². The van der Waals surface area contributed by atoms with E-state index < -0.39 is 7.12 Å². The van der Waals surface area contributed by atoms with Crippen LogP contribution in [0.1, 0.15) is 45.1 Å². The lowest BCUT2D eigenvalue weighted by Gasteiger charge is -2.32. The number of benzene rings is 2. The predicted octanol–water partition coefficient (Wildman–Crippen LogP) is 3.83. The molecule has 1 aromatic heterocycles. The van der Waals surface area contributed by atoms with Gasteiger partial charge in [-0.3, -0.25) is 4.79 Å². The van der Waals surface area contributed by atoms with Crippen LogP contribution in [0.5, 0.6) is 0 Å². The largest absolute Gasteiger partial charge is 0.491 e. The number of piperidine rings is 1. The number of amides is 1. The van der Waals surface area contributed by atoms with Crippen molar-refractivity contribution in [1.82, 2.24) is 4.90 Å². The maximum atomic E-state index is 13.4. The number of nitrogens with zero attached hydrogens (tertiary/aromatic N) is 1. The molecule has 0 saturated carbocycles. The van der Waals surface area contributed by atoms with Crippen LogP contribution in [0, 0.1) is 0 Å². The molecule has 0 unspecified atom stereocenters. The molecule has 3 heterocycles. The Morgan fingerprint density at radius 3 is 2.76 bits per heavy atom. The van der Waals surface area contributed by atoms with Crippen molar-refractivity contribution in [3.05, 3.63) is 70.1 Å². The molecule has 0 radical (unpaired) electrons. The lowest BCUT2D eigenvalue weighted by molar-refractivity contribution is 0.0718. The van der Waals surface area contributed by atoms with Gasteiger partial charge in [-0.15, -0.1) is 23.1 Å². The van der Waals surface area contributed by atoms with E-state index in [1.807, 2.05) is 29.4 Å². The normalized spacial score (nSPS) is 16.3. The van der Waals surface area contributed by atoms with Crippen LogP contribution in [0.4, 0.5) is 0 Å². The van der Waals surface area contributed by atoms with Crippen molar-refractivity contribution in [2.75, 3.05) is 19.3 Å². The molecule has 2 aliphatic heterocycles. The van der Waals surface area contributed by atoms with E-state index in [-0.39, 0.29) is 5.91 Å². The maximum absolute atomic E-state index is 13.4. The fraction of sp³-hybridized carbons (Fsp3) is 0.320. The second-order valence-electron chi connectivity index (χ2n) is 8.57. The van der Waals surface area contributed by atoms with E-state index in [0.29, 0.717) is 19.1 Å². The van der Waals surface area contributed by atoms with Gasteiger partial charge in [0.25, 0.3) is 5.91 Å². The van der Waals surface area contributed by atoms with E-state index in [1.165, 1.54) is 5.56 Å². The van der Waals surface area contributed by atoms with E-state index in [0.717, 1.165) is 62.7 Å². The van der Waals surface area contributed by atoms with Gasteiger partial charge in [0.1, 0.15) is 0 Å². The number of likely N-dealkylation sites (tertiary alicyclic amines) is 1. The molecule has 1 amide bonds. The molecule has 1 saturated heterocycles. The highest BCUT2D eigenvalue weighted by atomic mass is 32.2. The van der Waals surface area contributed by atoms with Gasteiger partial charge >= 0.3 is 7.12 Å². The highest BCUT2D eigenvalue weighted by Gasteiger charge is 2.31. The summed E-state index contributed by atoms with van der Waals surface area (Å²) in [6.45, 7) is 2.47. The first kappa shape index (κ1) is 22.7. The van der Waals surface area contributed by atoms with E-state index in [1.54, 1.807) is 23.1 Å². The van der Waals surface area contributed by atoms with Crippen LogP contribution in [-0.4, -0.2) is 42.3 Å². The smallest absolute Gasteiger partial charge is 0.423 e. The average Bonchev–Trinajstić information content (AvgIpc) is 3.47. The molecule has 2 aromatic carbocycles. The summed E-state index contributed by atoms with van der Waals surface area (Å²) in [7, 11) is -0.871. The number of nitrogens with two attached hydrogens (primary N) is 1. The number of carbonyl (C=O) groups is 1. The molecule has 2 aliphatic rings. The molecule has 170 valence electrons. The van der Waals surface area contributed by atoms with Crippen LogP contribution in [0.15, 0.2) is 52.7 Å². The van der Waals surface area contributed by atoms with Gasteiger partial charge in [0.2, 0.25) is 0 Å². The van der Waals surface area contributed by atoms with E-state index in [4.69, 9.17) is 10.4 Å².